The lowest BCUT2D eigenvalue weighted by atomic mass is 10.1. The van der Waals surface area contributed by atoms with E-state index in [0.29, 0.717) is 19.3 Å². The van der Waals surface area contributed by atoms with Crippen LogP contribution in [0, 0.1) is 0 Å². The minimum atomic E-state index is -2.89. The van der Waals surface area contributed by atoms with E-state index < -0.39 is 15.9 Å². The van der Waals surface area contributed by atoms with E-state index in [-0.39, 0.29) is 5.75 Å². The van der Waals surface area contributed by atoms with Crippen molar-refractivity contribution in [1.82, 2.24) is 0 Å². The molecule has 1 rings (SSSR count). The maximum atomic E-state index is 10.8. The maximum absolute atomic E-state index is 10.8. The van der Waals surface area contributed by atoms with Gasteiger partial charge in [-0.15, -0.1) is 0 Å². The zero-order valence-corrected chi connectivity index (χ0v) is 10.4. The molecule has 3 nitrogen and oxygen atoms in total. The fraction of sp³-hybridized carbons (Fsp3) is 0.600. The first-order chi connectivity index (χ1) is 6.97. The van der Waals surface area contributed by atoms with Crippen molar-refractivity contribution in [2.45, 2.75) is 25.4 Å². The second-order valence-electron chi connectivity index (χ2n) is 3.76. The van der Waals surface area contributed by atoms with Gasteiger partial charge in [-0.2, -0.15) is 11.3 Å². The van der Waals surface area contributed by atoms with Crippen LogP contribution >= 0.6 is 11.3 Å². The monoisotopic (exact) mass is 248 g/mol. The number of thiophene rings is 1. The second-order valence-corrected chi connectivity index (χ2v) is 6.80. The average molecular weight is 248 g/mol. The highest BCUT2D eigenvalue weighted by atomic mass is 32.2. The van der Waals surface area contributed by atoms with Crippen LogP contribution in [0.3, 0.4) is 0 Å². The SMILES string of the molecule is CS(=O)(=O)CCCC(O)Cc1ccsc1. The van der Waals surface area contributed by atoms with E-state index in [2.05, 4.69) is 0 Å². The molecule has 0 aliphatic carbocycles. The van der Waals surface area contributed by atoms with Crippen LogP contribution in [0.4, 0.5) is 0 Å². The fourth-order valence-corrected chi connectivity index (χ4v) is 2.74. The van der Waals surface area contributed by atoms with E-state index in [1.807, 2.05) is 16.8 Å². The lowest BCUT2D eigenvalue weighted by molar-refractivity contribution is 0.164. The summed E-state index contributed by atoms with van der Waals surface area (Å²) in [6.45, 7) is 0. The first-order valence-electron chi connectivity index (χ1n) is 4.84. The Balaban J connectivity index is 2.22. The molecule has 1 aromatic heterocycles. The predicted molar refractivity (Wildman–Crippen MR) is 63.0 cm³/mol. The number of hydrogen-bond acceptors (Lipinski definition) is 4. The molecule has 1 unspecified atom stereocenters. The maximum Gasteiger partial charge on any atom is 0.147 e. The van der Waals surface area contributed by atoms with Crippen LogP contribution in [0.1, 0.15) is 18.4 Å². The molecule has 0 aliphatic rings. The Morgan fingerprint density at radius 1 is 1.53 bits per heavy atom. The van der Waals surface area contributed by atoms with Gasteiger partial charge in [0.15, 0.2) is 0 Å². The Morgan fingerprint density at radius 3 is 2.80 bits per heavy atom. The minimum absolute atomic E-state index is 0.160. The Kier molecular flexibility index (Phi) is 4.76. The molecule has 5 heteroatoms. The van der Waals surface area contributed by atoms with Crippen LogP contribution in [0.15, 0.2) is 16.8 Å². The third kappa shape index (κ3) is 5.92. The van der Waals surface area contributed by atoms with Crippen molar-refractivity contribution in [3.05, 3.63) is 22.4 Å². The first-order valence-corrected chi connectivity index (χ1v) is 7.84. The predicted octanol–water partition coefficient (Wildman–Crippen LogP) is 1.48. The van der Waals surface area contributed by atoms with E-state index in [9.17, 15) is 13.5 Å². The van der Waals surface area contributed by atoms with E-state index in [1.54, 1.807) is 11.3 Å². The molecule has 1 atom stereocenters. The molecule has 0 fully saturated rings. The third-order valence-corrected chi connectivity index (χ3v) is 3.87. The van der Waals surface area contributed by atoms with Crippen LogP contribution in [-0.4, -0.2) is 31.6 Å². The Hall–Kier alpha value is -0.390. The number of sulfone groups is 1. The standard InChI is InChI=1S/C10H16O3S2/c1-15(12,13)6-2-3-10(11)7-9-4-5-14-8-9/h4-5,8,10-11H,2-3,6-7H2,1H3. The molecule has 15 heavy (non-hydrogen) atoms. The Morgan fingerprint density at radius 2 is 2.27 bits per heavy atom. The van der Waals surface area contributed by atoms with Gasteiger partial charge in [0.05, 0.1) is 6.10 Å². The molecule has 1 N–H and O–H groups in total. The quantitative estimate of drug-likeness (QED) is 0.829. The molecule has 0 aromatic carbocycles. The first kappa shape index (κ1) is 12.7. The number of rotatable bonds is 6. The van der Waals surface area contributed by atoms with Crippen molar-refractivity contribution < 1.29 is 13.5 Å². The molecule has 0 amide bonds. The largest absolute Gasteiger partial charge is 0.393 e. The highest BCUT2D eigenvalue weighted by Crippen LogP contribution is 2.11. The van der Waals surface area contributed by atoms with E-state index in [0.717, 1.165) is 5.56 Å². The molecule has 1 aromatic rings. The van der Waals surface area contributed by atoms with Gasteiger partial charge in [0.25, 0.3) is 0 Å². The lowest BCUT2D eigenvalue weighted by Crippen LogP contribution is -2.12. The van der Waals surface area contributed by atoms with Crippen molar-refractivity contribution in [3.63, 3.8) is 0 Å². The topological polar surface area (TPSA) is 54.4 Å². The molecule has 0 aliphatic heterocycles. The van der Waals surface area contributed by atoms with Crippen molar-refractivity contribution in [3.8, 4) is 0 Å². The number of aliphatic hydroxyl groups excluding tert-OH is 1. The van der Waals surface area contributed by atoms with Gasteiger partial charge in [-0.05, 0) is 41.7 Å². The summed E-state index contributed by atoms with van der Waals surface area (Å²) >= 11 is 1.60. The van der Waals surface area contributed by atoms with Gasteiger partial charge in [0.2, 0.25) is 0 Å². The van der Waals surface area contributed by atoms with Crippen LogP contribution < -0.4 is 0 Å². The van der Waals surface area contributed by atoms with Crippen LogP contribution in [-0.2, 0) is 16.3 Å². The molecule has 0 bridgehead atoms. The molecule has 0 spiro atoms. The molecule has 0 radical (unpaired) electrons. The Bertz CT molecular complexity index is 367. The summed E-state index contributed by atoms with van der Waals surface area (Å²) in [6, 6.07) is 1.98. The summed E-state index contributed by atoms with van der Waals surface area (Å²) in [4.78, 5) is 0. The molecular formula is C10H16O3S2. The van der Waals surface area contributed by atoms with Crippen molar-refractivity contribution in [2.24, 2.45) is 0 Å². The van der Waals surface area contributed by atoms with Gasteiger partial charge in [-0.25, -0.2) is 8.42 Å². The number of hydrogen-bond donors (Lipinski definition) is 1. The normalized spacial score (nSPS) is 14.0. The zero-order valence-electron chi connectivity index (χ0n) is 8.72. The molecule has 0 saturated heterocycles. The summed E-state index contributed by atoms with van der Waals surface area (Å²) in [5, 5.41) is 13.6. The van der Waals surface area contributed by atoms with Gasteiger partial charge in [0.1, 0.15) is 9.84 Å². The minimum Gasteiger partial charge on any atom is -0.393 e. The van der Waals surface area contributed by atoms with E-state index >= 15 is 0 Å². The van der Waals surface area contributed by atoms with Crippen LogP contribution in [0.5, 0.6) is 0 Å². The van der Waals surface area contributed by atoms with Gasteiger partial charge < -0.3 is 5.11 Å². The number of aliphatic hydroxyl groups is 1. The van der Waals surface area contributed by atoms with Gasteiger partial charge in [0, 0.05) is 12.0 Å². The Labute approximate surface area is 94.7 Å². The summed E-state index contributed by atoms with van der Waals surface area (Å²) < 4.78 is 21.7. The van der Waals surface area contributed by atoms with E-state index in [4.69, 9.17) is 0 Å². The summed E-state index contributed by atoms with van der Waals surface area (Å²) in [6.07, 6.45) is 2.49. The van der Waals surface area contributed by atoms with E-state index in [1.165, 1.54) is 6.26 Å². The van der Waals surface area contributed by atoms with Crippen LogP contribution in [0.25, 0.3) is 0 Å². The molecule has 86 valence electrons. The van der Waals surface area contributed by atoms with Crippen molar-refractivity contribution in [2.75, 3.05) is 12.0 Å². The van der Waals surface area contributed by atoms with Crippen molar-refractivity contribution >= 4 is 21.2 Å². The average Bonchev–Trinajstić information content (AvgIpc) is 2.54. The van der Waals surface area contributed by atoms with Gasteiger partial charge >= 0.3 is 0 Å². The van der Waals surface area contributed by atoms with Crippen molar-refractivity contribution in [1.29, 1.82) is 0 Å². The van der Waals surface area contributed by atoms with Gasteiger partial charge in [-0.1, -0.05) is 0 Å². The molecule has 1 heterocycles. The second kappa shape index (κ2) is 5.63. The van der Waals surface area contributed by atoms with Crippen LogP contribution in [0.2, 0.25) is 0 Å². The fourth-order valence-electron chi connectivity index (χ4n) is 1.36. The summed E-state index contributed by atoms with van der Waals surface area (Å²) in [7, 11) is -2.89. The molecular weight excluding hydrogens is 232 g/mol. The summed E-state index contributed by atoms with van der Waals surface area (Å²) in [5.74, 6) is 0.160. The highest BCUT2D eigenvalue weighted by Gasteiger charge is 2.08. The lowest BCUT2D eigenvalue weighted by Gasteiger charge is -2.08. The third-order valence-electron chi connectivity index (χ3n) is 2.10. The highest BCUT2D eigenvalue weighted by molar-refractivity contribution is 7.90. The summed E-state index contributed by atoms with van der Waals surface area (Å²) in [5.41, 5.74) is 1.12. The molecule has 0 saturated carbocycles. The zero-order chi connectivity index (χ0) is 11.3. The smallest absolute Gasteiger partial charge is 0.147 e. The van der Waals surface area contributed by atoms with Gasteiger partial charge in [-0.3, -0.25) is 0 Å².